The van der Waals surface area contributed by atoms with Gasteiger partial charge >= 0.3 is 0 Å². The Bertz CT molecular complexity index is 797. The van der Waals surface area contributed by atoms with E-state index in [1.54, 1.807) is 0 Å². The third-order valence-corrected chi connectivity index (χ3v) is 5.49. The van der Waals surface area contributed by atoms with Gasteiger partial charge in [-0.1, -0.05) is 23.4 Å². The molecule has 3 rings (SSSR count). The molecule has 9 nitrogen and oxygen atoms in total. The zero-order valence-corrected chi connectivity index (χ0v) is 15.7. The number of nitro benzene ring substituents is 1. The van der Waals surface area contributed by atoms with Crippen molar-refractivity contribution in [2.24, 2.45) is 4.99 Å². The number of benzene rings is 1. The molecule has 0 unspecified atom stereocenters. The number of amidine groups is 1. The largest absolute Gasteiger partial charge is 0.376 e. The summed E-state index contributed by atoms with van der Waals surface area (Å²) < 4.78 is 5.48. The van der Waals surface area contributed by atoms with Gasteiger partial charge in [-0.25, -0.2) is 0 Å². The summed E-state index contributed by atoms with van der Waals surface area (Å²) in [6, 6.07) is 3.76. The molecule has 2 aliphatic heterocycles. The van der Waals surface area contributed by atoms with Gasteiger partial charge in [-0.2, -0.15) is 0 Å². The topological polar surface area (TPSA) is 123 Å². The Morgan fingerprint density at radius 2 is 2.33 bits per heavy atom. The highest BCUT2D eigenvalue weighted by molar-refractivity contribution is 8.15. The maximum atomic E-state index is 12.2. The summed E-state index contributed by atoms with van der Waals surface area (Å²) in [6.07, 6.45) is 1.94. The van der Waals surface area contributed by atoms with Gasteiger partial charge in [0.25, 0.3) is 5.69 Å². The number of carbonyl (C=O) groups is 2. The summed E-state index contributed by atoms with van der Waals surface area (Å²) >= 11 is 7.15. The second kappa shape index (κ2) is 8.68. The minimum atomic E-state index is -0.620. The first kappa shape index (κ1) is 19.6. The molecule has 2 aliphatic rings. The summed E-state index contributed by atoms with van der Waals surface area (Å²) in [5.74, 6) is -0.767. The fourth-order valence-electron chi connectivity index (χ4n) is 2.68. The van der Waals surface area contributed by atoms with Gasteiger partial charge < -0.3 is 15.4 Å². The number of non-ortho nitro benzene ring substituents is 1. The zero-order valence-electron chi connectivity index (χ0n) is 14.1. The van der Waals surface area contributed by atoms with Crippen molar-refractivity contribution in [1.82, 2.24) is 5.32 Å². The van der Waals surface area contributed by atoms with Crippen LogP contribution >= 0.6 is 23.4 Å². The number of anilines is 1. The lowest BCUT2D eigenvalue weighted by atomic mass is 10.2. The standard InChI is InChI=1S/C16H17ClN4O5S/c17-11-4-3-9(21(24)25)6-12(11)19-14(22)7-13-15(23)20-16(27-13)18-8-10-2-1-5-26-10/h3-4,6,10,13H,1-2,5,7-8H2,(H,19,22)(H,18,20,23)/t10-,13-/m0/s1. The molecule has 1 aromatic rings. The quantitative estimate of drug-likeness (QED) is 0.546. The first-order valence-electron chi connectivity index (χ1n) is 8.30. The smallest absolute Gasteiger partial charge is 0.271 e. The first-order valence-corrected chi connectivity index (χ1v) is 9.55. The molecule has 2 amide bonds. The van der Waals surface area contributed by atoms with Gasteiger partial charge in [0, 0.05) is 25.2 Å². The van der Waals surface area contributed by atoms with Crippen LogP contribution in [0.25, 0.3) is 0 Å². The Labute approximate surface area is 164 Å². The minimum absolute atomic E-state index is 0.0772. The number of hydrogen-bond acceptors (Lipinski definition) is 7. The van der Waals surface area contributed by atoms with Gasteiger partial charge in [-0.3, -0.25) is 24.7 Å². The van der Waals surface area contributed by atoms with Crippen molar-refractivity contribution in [3.63, 3.8) is 0 Å². The maximum absolute atomic E-state index is 12.2. The highest BCUT2D eigenvalue weighted by atomic mass is 35.5. The van der Waals surface area contributed by atoms with Gasteiger partial charge in [0.15, 0.2) is 5.17 Å². The van der Waals surface area contributed by atoms with Crippen molar-refractivity contribution in [3.8, 4) is 0 Å². The van der Waals surface area contributed by atoms with Crippen LogP contribution in [0.4, 0.5) is 11.4 Å². The molecule has 0 spiro atoms. The van der Waals surface area contributed by atoms with Crippen LogP contribution in [0.2, 0.25) is 5.02 Å². The van der Waals surface area contributed by atoms with Crippen molar-refractivity contribution in [3.05, 3.63) is 33.3 Å². The predicted octanol–water partition coefficient (Wildman–Crippen LogP) is 2.34. The molecule has 27 heavy (non-hydrogen) atoms. The number of carbonyl (C=O) groups excluding carboxylic acids is 2. The third-order valence-electron chi connectivity index (χ3n) is 4.04. The Hall–Kier alpha value is -2.17. The predicted molar refractivity (Wildman–Crippen MR) is 102 cm³/mol. The normalized spacial score (nSPS) is 23.4. The Morgan fingerprint density at radius 1 is 1.52 bits per heavy atom. The molecule has 0 radical (unpaired) electrons. The van der Waals surface area contributed by atoms with E-state index in [1.807, 2.05) is 0 Å². The molecule has 0 aromatic heterocycles. The second-order valence-electron chi connectivity index (χ2n) is 6.05. The third kappa shape index (κ3) is 5.18. The number of nitrogens with zero attached hydrogens (tertiary/aromatic N) is 2. The van der Waals surface area contributed by atoms with Crippen LogP contribution in [0.5, 0.6) is 0 Å². The fourth-order valence-corrected chi connectivity index (χ4v) is 3.82. The van der Waals surface area contributed by atoms with Crippen molar-refractivity contribution in [2.75, 3.05) is 18.5 Å². The number of nitro groups is 1. The van der Waals surface area contributed by atoms with Crippen molar-refractivity contribution >= 4 is 51.7 Å². The van der Waals surface area contributed by atoms with Crippen LogP contribution in [0.3, 0.4) is 0 Å². The van der Waals surface area contributed by atoms with E-state index in [0.29, 0.717) is 11.7 Å². The van der Waals surface area contributed by atoms with Gasteiger partial charge in [0.2, 0.25) is 11.8 Å². The van der Waals surface area contributed by atoms with Crippen LogP contribution in [-0.4, -0.2) is 46.4 Å². The second-order valence-corrected chi connectivity index (χ2v) is 7.65. The van der Waals surface area contributed by atoms with E-state index in [-0.39, 0.29) is 34.8 Å². The molecule has 0 saturated carbocycles. The minimum Gasteiger partial charge on any atom is -0.376 e. The van der Waals surface area contributed by atoms with E-state index in [9.17, 15) is 19.7 Å². The molecular formula is C16H17ClN4O5S. The van der Waals surface area contributed by atoms with E-state index in [4.69, 9.17) is 16.3 Å². The lowest BCUT2D eigenvalue weighted by Crippen LogP contribution is -2.28. The highest BCUT2D eigenvalue weighted by Crippen LogP contribution is 2.28. The number of halogens is 1. The van der Waals surface area contributed by atoms with E-state index in [0.717, 1.165) is 19.4 Å². The number of nitrogens with one attached hydrogen (secondary N) is 2. The Kier molecular flexibility index (Phi) is 6.30. The Morgan fingerprint density at radius 3 is 3.04 bits per heavy atom. The number of ether oxygens (including phenoxy) is 1. The van der Waals surface area contributed by atoms with Crippen LogP contribution < -0.4 is 10.6 Å². The van der Waals surface area contributed by atoms with Crippen molar-refractivity contribution in [2.45, 2.75) is 30.6 Å². The number of rotatable bonds is 6. The Balaban J connectivity index is 1.56. The summed E-state index contributed by atoms with van der Waals surface area (Å²) in [5.41, 5.74) is -0.0576. The summed E-state index contributed by atoms with van der Waals surface area (Å²) in [7, 11) is 0. The lowest BCUT2D eigenvalue weighted by molar-refractivity contribution is -0.384. The van der Waals surface area contributed by atoms with Gasteiger partial charge in [0.1, 0.15) is 5.25 Å². The van der Waals surface area contributed by atoms with Crippen LogP contribution in [0.1, 0.15) is 19.3 Å². The molecule has 2 N–H and O–H groups in total. The summed E-state index contributed by atoms with van der Waals surface area (Å²) in [4.78, 5) is 38.9. The molecule has 1 aromatic carbocycles. The first-order chi connectivity index (χ1) is 12.9. The van der Waals surface area contributed by atoms with Gasteiger partial charge in [0.05, 0.1) is 28.3 Å². The molecule has 2 fully saturated rings. The zero-order chi connectivity index (χ0) is 19.4. The maximum Gasteiger partial charge on any atom is 0.271 e. The lowest BCUT2D eigenvalue weighted by Gasteiger charge is -2.09. The van der Waals surface area contributed by atoms with E-state index < -0.39 is 16.1 Å². The molecule has 0 bridgehead atoms. The molecule has 2 saturated heterocycles. The number of aliphatic imine (C=N–C) groups is 1. The van der Waals surface area contributed by atoms with Crippen LogP contribution in [-0.2, 0) is 14.3 Å². The molecule has 2 heterocycles. The van der Waals surface area contributed by atoms with Gasteiger partial charge in [-0.15, -0.1) is 0 Å². The highest BCUT2D eigenvalue weighted by Gasteiger charge is 2.32. The number of amides is 2. The van der Waals surface area contributed by atoms with Crippen molar-refractivity contribution in [1.29, 1.82) is 0 Å². The molecule has 2 atom stereocenters. The van der Waals surface area contributed by atoms with Gasteiger partial charge in [-0.05, 0) is 18.9 Å². The van der Waals surface area contributed by atoms with E-state index >= 15 is 0 Å². The van der Waals surface area contributed by atoms with E-state index in [1.165, 1.54) is 30.0 Å². The SMILES string of the molecule is O=C(C[C@@H]1SC(=NC[C@@H]2CCCO2)NC1=O)Nc1cc([N+](=O)[O-])ccc1Cl. The van der Waals surface area contributed by atoms with Crippen LogP contribution in [0, 0.1) is 10.1 Å². The average Bonchev–Trinajstić information content (AvgIpc) is 3.25. The monoisotopic (exact) mass is 412 g/mol. The molecule has 11 heteroatoms. The fraction of sp³-hybridized carbons (Fsp3) is 0.438. The molecular weight excluding hydrogens is 396 g/mol. The van der Waals surface area contributed by atoms with Crippen LogP contribution in [0.15, 0.2) is 23.2 Å². The average molecular weight is 413 g/mol. The van der Waals surface area contributed by atoms with Crippen molar-refractivity contribution < 1.29 is 19.2 Å². The number of hydrogen-bond donors (Lipinski definition) is 2. The summed E-state index contributed by atoms with van der Waals surface area (Å²) in [6.45, 7) is 1.21. The molecule has 0 aliphatic carbocycles. The van der Waals surface area contributed by atoms with E-state index in [2.05, 4.69) is 15.6 Å². The molecule has 144 valence electrons. The number of thioether (sulfide) groups is 1. The summed E-state index contributed by atoms with van der Waals surface area (Å²) in [5, 5.41) is 16.0.